The minimum atomic E-state index is -2.34. The van der Waals surface area contributed by atoms with E-state index in [9.17, 15) is 19.8 Å². The van der Waals surface area contributed by atoms with Crippen LogP contribution in [0.25, 0.3) is 5.69 Å². The minimum absolute atomic E-state index is 0.211. The summed E-state index contributed by atoms with van der Waals surface area (Å²) >= 11 is 0. The predicted octanol–water partition coefficient (Wildman–Crippen LogP) is 1.11. The average molecular weight is 466 g/mol. The highest BCUT2D eigenvalue weighted by Gasteiger charge is 2.45. The summed E-state index contributed by atoms with van der Waals surface area (Å²) in [6, 6.07) is 10.2. The lowest BCUT2D eigenvalue weighted by Gasteiger charge is -2.31. The molecule has 34 heavy (non-hydrogen) atoms. The van der Waals surface area contributed by atoms with Crippen LogP contribution in [0.1, 0.15) is 36.7 Å². The van der Waals surface area contributed by atoms with Crippen molar-refractivity contribution >= 4 is 11.8 Å². The molecule has 1 aromatic carbocycles. The number of benzene rings is 1. The number of amides is 2. The monoisotopic (exact) mass is 465 g/mol. The van der Waals surface area contributed by atoms with Crippen molar-refractivity contribution in [2.24, 2.45) is 0 Å². The van der Waals surface area contributed by atoms with Gasteiger partial charge in [0, 0.05) is 25.1 Å². The number of carbonyl (C=O) groups excluding carboxylic acids is 2. The van der Waals surface area contributed by atoms with Crippen LogP contribution in [-0.4, -0.2) is 60.5 Å². The Morgan fingerprint density at radius 3 is 2.68 bits per heavy atom. The lowest BCUT2D eigenvalue weighted by Crippen LogP contribution is -2.58. The number of aliphatic hydroxyl groups excluding tert-OH is 1. The lowest BCUT2D eigenvalue weighted by atomic mass is 9.95. The Bertz CT molecular complexity index is 1170. The summed E-state index contributed by atoms with van der Waals surface area (Å²) in [7, 11) is 1.54. The summed E-state index contributed by atoms with van der Waals surface area (Å²) in [6.07, 6.45) is 3.13. The molecule has 3 unspecified atom stereocenters. The Hall–Kier alpha value is -3.76. The molecule has 1 aliphatic heterocycles. The molecule has 0 fully saturated rings. The lowest BCUT2D eigenvalue weighted by molar-refractivity contribution is -0.166. The van der Waals surface area contributed by atoms with Gasteiger partial charge in [-0.2, -0.15) is 5.10 Å². The first kappa shape index (κ1) is 23.4. The second-order valence-electron chi connectivity index (χ2n) is 8.43. The van der Waals surface area contributed by atoms with Gasteiger partial charge in [-0.25, -0.2) is 4.68 Å². The van der Waals surface area contributed by atoms with E-state index in [0.29, 0.717) is 11.3 Å². The van der Waals surface area contributed by atoms with Crippen molar-refractivity contribution in [1.82, 2.24) is 25.0 Å². The van der Waals surface area contributed by atoms with Crippen molar-refractivity contribution in [2.75, 3.05) is 7.11 Å². The molecule has 3 heterocycles. The molecule has 178 valence electrons. The highest BCUT2D eigenvalue weighted by Crippen LogP contribution is 2.28. The molecule has 3 atom stereocenters. The molecule has 0 saturated carbocycles. The van der Waals surface area contributed by atoms with E-state index < -0.39 is 29.6 Å². The fourth-order valence-corrected chi connectivity index (χ4v) is 3.88. The number of hydrogen-bond acceptors (Lipinski definition) is 7. The maximum atomic E-state index is 12.9. The summed E-state index contributed by atoms with van der Waals surface area (Å²) in [6.45, 7) is 3.33. The van der Waals surface area contributed by atoms with Gasteiger partial charge in [-0.05, 0) is 49.2 Å². The standard InChI is InChI=1S/C24H27N5O5/c1-15(16-7-8-19(20(12-16)34-3)29-11-5-10-26-29)27-23(32)24(2,33)21(30)22(31)28-13-17-6-4-9-25-18(17)14-28/h4-12,15,21,30,33H,13-14H2,1-3H3,(H,27,32). The van der Waals surface area contributed by atoms with Crippen molar-refractivity contribution in [1.29, 1.82) is 0 Å². The van der Waals surface area contributed by atoms with Crippen molar-refractivity contribution < 1.29 is 24.5 Å². The number of rotatable bonds is 7. The number of nitrogens with zero attached hydrogens (tertiary/aromatic N) is 4. The van der Waals surface area contributed by atoms with Gasteiger partial charge in [-0.3, -0.25) is 14.6 Å². The van der Waals surface area contributed by atoms with E-state index >= 15 is 0 Å². The quantitative estimate of drug-likeness (QED) is 0.477. The van der Waals surface area contributed by atoms with E-state index in [0.717, 1.165) is 23.9 Å². The Morgan fingerprint density at radius 2 is 2.00 bits per heavy atom. The fraction of sp³-hybridized carbons (Fsp3) is 0.333. The highest BCUT2D eigenvalue weighted by atomic mass is 16.5. The van der Waals surface area contributed by atoms with Crippen LogP contribution in [0.2, 0.25) is 0 Å². The zero-order chi connectivity index (χ0) is 24.5. The number of ether oxygens (including phenoxy) is 1. The van der Waals surface area contributed by atoms with E-state index in [-0.39, 0.29) is 13.1 Å². The number of aromatic nitrogens is 3. The van der Waals surface area contributed by atoms with E-state index in [1.807, 2.05) is 6.07 Å². The van der Waals surface area contributed by atoms with Crippen LogP contribution >= 0.6 is 0 Å². The normalized spacial score (nSPS) is 16.3. The second-order valence-corrected chi connectivity index (χ2v) is 8.43. The van der Waals surface area contributed by atoms with E-state index in [2.05, 4.69) is 15.4 Å². The van der Waals surface area contributed by atoms with E-state index in [1.165, 1.54) is 12.0 Å². The Morgan fingerprint density at radius 1 is 1.21 bits per heavy atom. The third kappa shape index (κ3) is 4.37. The van der Waals surface area contributed by atoms with Gasteiger partial charge in [-0.1, -0.05) is 12.1 Å². The molecule has 3 N–H and O–H groups in total. The van der Waals surface area contributed by atoms with Gasteiger partial charge in [0.15, 0.2) is 11.7 Å². The van der Waals surface area contributed by atoms with Gasteiger partial charge in [0.1, 0.15) is 11.4 Å². The molecule has 0 radical (unpaired) electrons. The molecule has 1 aliphatic rings. The van der Waals surface area contributed by atoms with Crippen molar-refractivity contribution in [3.8, 4) is 11.4 Å². The minimum Gasteiger partial charge on any atom is -0.494 e. The molecule has 2 amide bonds. The first-order valence-corrected chi connectivity index (χ1v) is 10.8. The van der Waals surface area contributed by atoms with Crippen molar-refractivity contribution in [3.05, 3.63) is 71.8 Å². The molecule has 10 heteroatoms. The van der Waals surface area contributed by atoms with Crippen LogP contribution in [0.4, 0.5) is 0 Å². The first-order valence-electron chi connectivity index (χ1n) is 10.8. The van der Waals surface area contributed by atoms with Crippen molar-refractivity contribution in [3.63, 3.8) is 0 Å². The summed E-state index contributed by atoms with van der Waals surface area (Å²) in [5.41, 5.74) is 0.691. The molecule has 3 aromatic rings. The molecule has 0 aliphatic carbocycles. The molecule has 0 bridgehead atoms. The Balaban J connectivity index is 1.44. The highest BCUT2D eigenvalue weighted by molar-refractivity contribution is 5.94. The fourth-order valence-electron chi connectivity index (χ4n) is 3.88. The van der Waals surface area contributed by atoms with Crippen LogP contribution in [0.15, 0.2) is 55.0 Å². The maximum Gasteiger partial charge on any atom is 0.255 e. The zero-order valence-electron chi connectivity index (χ0n) is 19.2. The Labute approximate surface area is 196 Å². The number of methoxy groups -OCH3 is 1. The topological polar surface area (TPSA) is 130 Å². The third-order valence-corrected chi connectivity index (χ3v) is 6.03. The van der Waals surface area contributed by atoms with Crippen LogP contribution in [0.5, 0.6) is 5.75 Å². The van der Waals surface area contributed by atoms with Gasteiger partial charge in [0.05, 0.1) is 25.4 Å². The van der Waals surface area contributed by atoms with E-state index in [4.69, 9.17) is 4.74 Å². The molecule has 0 saturated heterocycles. The number of pyridine rings is 1. The number of hydrogen-bond donors (Lipinski definition) is 3. The van der Waals surface area contributed by atoms with Gasteiger partial charge in [0.2, 0.25) is 0 Å². The smallest absolute Gasteiger partial charge is 0.255 e. The van der Waals surface area contributed by atoms with Crippen LogP contribution in [0.3, 0.4) is 0 Å². The predicted molar refractivity (Wildman–Crippen MR) is 122 cm³/mol. The van der Waals surface area contributed by atoms with Crippen LogP contribution in [-0.2, 0) is 22.7 Å². The summed E-state index contributed by atoms with van der Waals surface area (Å²) < 4.78 is 7.12. The van der Waals surface area contributed by atoms with E-state index in [1.54, 1.807) is 60.5 Å². The molecule has 10 nitrogen and oxygen atoms in total. The van der Waals surface area contributed by atoms with Crippen LogP contribution in [0, 0.1) is 0 Å². The second kappa shape index (κ2) is 9.24. The van der Waals surface area contributed by atoms with Gasteiger partial charge in [0.25, 0.3) is 11.8 Å². The number of aliphatic hydroxyl groups is 2. The van der Waals surface area contributed by atoms with Crippen molar-refractivity contribution in [2.45, 2.75) is 44.7 Å². The molecule has 0 spiro atoms. The largest absolute Gasteiger partial charge is 0.494 e. The zero-order valence-corrected chi connectivity index (χ0v) is 19.2. The summed E-state index contributed by atoms with van der Waals surface area (Å²) in [5, 5.41) is 28.3. The Kier molecular flexibility index (Phi) is 6.36. The number of carbonyl (C=O) groups is 2. The number of fused-ring (bicyclic) bond motifs is 1. The van der Waals surface area contributed by atoms with Crippen LogP contribution < -0.4 is 10.1 Å². The SMILES string of the molecule is COc1cc(C(C)NC(=O)C(C)(O)C(O)C(=O)N2Cc3cccnc3C2)ccc1-n1cccn1. The molecule has 2 aromatic heterocycles. The van der Waals surface area contributed by atoms with Gasteiger partial charge < -0.3 is 25.2 Å². The first-order chi connectivity index (χ1) is 16.2. The molecular weight excluding hydrogens is 438 g/mol. The third-order valence-electron chi connectivity index (χ3n) is 6.03. The van der Waals surface area contributed by atoms with Gasteiger partial charge >= 0.3 is 0 Å². The molecule has 4 rings (SSSR count). The molecular formula is C24H27N5O5. The summed E-state index contributed by atoms with van der Waals surface area (Å²) in [5.74, 6) is -1.06. The summed E-state index contributed by atoms with van der Waals surface area (Å²) in [4.78, 5) is 31.3. The van der Waals surface area contributed by atoms with Gasteiger partial charge in [-0.15, -0.1) is 0 Å². The number of nitrogens with one attached hydrogen (secondary N) is 1. The average Bonchev–Trinajstić information content (AvgIpc) is 3.52. The maximum absolute atomic E-state index is 12.9.